The highest BCUT2D eigenvalue weighted by Crippen LogP contribution is 2.82. The molecular weight excluding hydrogens is 376 g/mol. The first-order valence-electron chi connectivity index (χ1n) is 13.9. The van der Waals surface area contributed by atoms with Crippen LogP contribution in [-0.4, -0.2) is 13.2 Å². The van der Waals surface area contributed by atoms with E-state index >= 15 is 0 Å². The van der Waals surface area contributed by atoms with Crippen LogP contribution < -0.4 is 0 Å². The van der Waals surface area contributed by atoms with Crippen LogP contribution in [0.15, 0.2) is 12.2 Å². The first-order chi connectivity index (χ1) is 14.7. The molecule has 0 unspecified atom stereocenters. The van der Waals surface area contributed by atoms with Crippen molar-refractivity contribution in [2.24, 2.45) is 63.6 Å². The minimum atomic E-state index is 0.543. The van der Waals surface area contributed by atoms with Crippen molar-refractivity contribution in [2.45, 2.75) is 105 Å². The molecule has 5 saturated carbocycles. The van der Waals surface area contributed by atoms with E-state index in [9.17, 15) is 0 Å². The van der Waals surface area contributed by atoms with Crippen molar-refractivity contribution in [1.82, 2.24) is 0 Å². The first-order valence-corrected chi connectivity index (χ1v) is 13.9. The first kappa shape index (κ1) is 22.5. The van der Waals surface area contributed by atoms with Gasteiger partial charge in [-0.3, -0.25) is 0 Å². The number of rotatable bonds is 6. The third kappa shape index (κ3) is 2.96. The number of methoxy groups -OCH3 is 1. The van der Waals surface area contributed by atoms with Gasteiger partial charge < -0.3 is 4.74 Å². The van der Waals surface area contributed by atoms with Gasteiger partial charge in [0.1, 0.15) is 0 Å². The topological polar surface area (TPSA) is 9.23 Å². The summed E-state index contributed by atoms with van der Waals surface area (Å²) in [6.45, 7) is 15.1. The van der Waals surface area contributed by atoms with Gasteiger partial charge in [0.15, 0.2) is 0 Å². The van der Waals surface area contributed by atoms with Crippen molar-refractivity contribution < 1.29 is 4.74 Å². The van der Waals surface area contributed by atoms with E-state index in [-0.39, 0.29) is 0 Å². The zero-order chi connectivity index (χ0) is 22.2. The zero-order valence-electron chi connectivity index (χ0n) is 21.6. The SMILES string of the molecule is CC[C@H](C=C[C@@H](C)[C@H]1CC[C@H]2[C@@H]3C[C@@H](OC)[C@]45C[C@H]4CC[C@]5(C)[C@H]3CC[C@]12C)C(C)C. The summed E-state index contributed by atoms with van der Waals surface area (Å²) in [5.41, 5.74) is 1.68. The van der Waals surface area contributed by atoms with Crippen LogP contribution in [0.5, 0.6) is 0 Å². The van der Waals surface area contributed by atoms with E-state index in [1.807, 2.05) is 7.11 Å². The Balaban J connectivity index is 1.37. The Morgan fingerprint density at radius 2 is 1.74 bits per heavy atom. The van der Waals surface area contributed by atoms with Gasteiger partial charge >= 0.3 is 0 Å². The molecule has 11 atom stereocenters. The molecule has 5 aliphatic carbocycles. The lowest BCUT2D eigenvalue weighted by Crippen LogP contribution is -2.57. The maximum atomic E-state index is 6.31. The molecule has 5 aliphatic rings. The number of allylic oxidation sites excluding steroid dienone is 2. The quantitative estimate of drug-likeness (QED) is 0.389. The molecular formula is C30H50O. The molecule has 1 heteroatoms. The second kappa shape index (κ2) is 7.61. The number of hydrogen-bond donors (Lipinski definition) is 0. The second-order valence-corrected chi connectivity index (χ2v) is 13.5. The van der Waals surface area contributed by atoms with Crippen LogP contribution in [0.4, 0.5) is 0 Å². The molecule has 0 N–H and O–H groups in total. The molecule has 0 bridgehead atoms. The molecule has 5 rings (SSSR count). The Hall–Kier alpha value is -0.300. The van der Waals surface area contributed by atoms with Crippen LogP contribution in [-0.2, 0) is 4.74 Å². The third-order valence-corrected chi connectivity index (χ3v) is 12.5. The molecule has 5 fully saturated rings. The predicted octanol–water partition coefficient (Wildman–Crippen LogP) is 8.14. The van der Waals surface area contributed by atoms with Gasteiger partial charge in [-0.25, -0.2) is 0 Å². The standard InChI is InChI=1S/C30H50O/c1-8-21(19(2)3)10-9-20(4)24-11-12-25-23-17-27(31-7)30-18-22(30)13-16-29(30,6)26(23)14-15-28(24,25)5/h9-10,19-27H,8,11-18H2,1-7H3/t20-,21-,22-,23+,24-,25+,26+,27-,28-,29-,30+/m1/s1. The van der Waals surface area contributed by atoms with Gasteiger partial charge in [0.25, 0.3) is 0 Å². The van der Waals surface area contributed by atoms with Gasteiger partial charge in [-0.1, -0.05) is 53.7 Å². The predicted molar refractivity (Wildman–Crippen MR) is 131 cm³/mol. The number of hydrogen-bond acceptors (Lipinski definition) is 1. The van der Waals surface area contributed by atoms with Gasteiger partial charge in [-0.15, -0.1) is 0 Å². The van der Waals surface area contributed by atoms with E-state index in [1.165, 1.54) is 57.8 Å². The number of ether oxygens (including phenoxy) is 1. The second-order valence-electron chi connectivity index (χ2n) is 13.5. The van der Waals surface area contributed by atoms with Gasteiger partial charge in [0, 0.05) is 12.5 Å². The maximum absolute atomic E-state index is 6.31. The third-order valence-electron chi connectivity index (χ3n) is 12.5. The lowest BCUT2D eigenvalue weighted by Gasteiger charge is -2.61. The van der Waals surface area contributed by atoms with Crippen LogP contribution in [0, 0.1) is 63.6 Å². The van der Waals surface area contributed by atoms with Crippen molar-refractivity contribution in [2.75, 3.05) is 7.11 Å². The van der Waals surface area contributed by atoms with Crippen LogP contribution in [0.25, 0.3) is 0 Å². The fourth-order valence-corrected chi connectivity index (χ4v) is 10.8. The average molecular weight is 427 g/mol. The molecule has 0 heterocycles. The summed E-state index contributed by atoms with van der Waals surface area (Å²) in [5.74, 6) is 6.92. The van der Waals surface area contributed by atoms with Crippen molar-refractivity contribution >= 4 is 0 Å². The fourth-order valence-electron chi connectivity index (χ4n) is 10.8. The summed E-state index contributed by atoms with van der Waals surface area (Å²) in [5, 5.41) is 0. The van der Waals surface area contributed by atoms with Gasteiger partial charge in [-0.05, 0) is 116 Å². The highest BCUT2D eigenvalue weighted by atomic mass is 16.5. The Morgan fingerprint density at radius 1 is 0.968 bits per heavy atom. The Morgan fingerprint density at radius 3 is 2.39 bits per heavy atom. The molecule has 0 aromatic carbocycles. The van der Waals surface area contributed by atoms with Crippen molar-refractivity contribution in [3.63, 3.8) is 0 Å². The van der Waals surface area contributed by atoms with Crippen LogP contribution in [0.1, 0.15) is 99.3 Å². The average Bonchev–Trinajstić information content (AvgIpc) is 3.24. The summed E-state index contributed by atoms with van der Waals surface area (Å²) in [7, 11) is 2.03. The van der Waals surface area contributed by atoms with E-state index in [0.717, 1.165) is 47.3 Å². The van der Waals surface area contributed by atoms with Crippen LogP contribution in [0.3, 0.4) is 0 Å². The van der Waals surface area contributed by atoms with Crippen molar-refractivity contribution in [3.8, 4) is 0 Å². The zero-order valence-corrected chi connectivity index (χ0v) is 21.6. The van der Waals surface area contributed by atoms with Crippen molar-refractivity contribution in [1.29, 1.82) is 0 Å². The van der Waals surface area contributed by atoms with Crippen LogP contribution >= 0.6 is 0 Å². The Kier molecular flexibility index (Phi) is 5.52. The fraction of sp³-hybridized carbons (Fsp3) is 0.933. The minimum Gasteiger partial charge on any atom is -0.381 e. The van der Waals surface area contributed by atoms with Gasteiger partial charge in [0.05, 0.1) is 6.10 Å². The van der Waals surface area contributed by atoms with Crippen LogP contribution in [0.2, 0.25) is 0 Å². The molecule has 1 nitrogen and oxygen atoms in total. The van der Waals surface area contributed by atoms with Crippen molar-refractivity contribution in [3.05, 3.63) is 12.2 Å². The number of fused-ring (bicyclic) bond motifs is 4. The van der Waals surface area contributed by atoms with E-state index in [2.05, 4.69) is 53.7 Å². The monoisotopic (exact) mass is 426 g/mol. The molecule has 0 aromatic rings. The van der Waals surface area contributed by atoms with Gasteiger partial charge in [0.2, 0.25) is 0 Å². The highest BCUT2D eigenvalue weighted by molar-refractivity contribution is 5.26. The lowest BCUT2D eigenvalue weighted by atomic mass is 9.45. The molecule has 0 aliphatic heterocycles. The smallest absolute Gasteiger partial charge is 0.0638 e. The molecule has 0 amide bonds. The summed E-state index contributed by atoms with van der Waals surface area (Å²) >= 11 is 0. The summed E-state index contributed by atoms with van der Waals surface area (Å²) < 4.78 is 6.31. The molecule has 176 valence electrons. The minimum absolute atomic E-state index is 0.543. The lowest BCUT2D eigenvalue weighted by molar-refractivity contribution is -0.160. The Labute approximate surface area is 193 Å². The molecule has 0 saturated heterocycles. The molecule has 0 aromatic heterocycles. The highest BCUT2D eigenvalue weighted by Gasteiger charge is 2.77. The van der Waals surface area contributed by atoms with E-state index in [1.54, 1.807) is 0 Å². The normalized spacial score (nSPS) is 52.5. The largest absolute Gasteiger partial charge is 0.381 e. The van der Waals surface area contributed by atoms with E-state index < -0.39 is 0 Å². The Bertz CT molecular complexity index is 709. The van der Waals surface area contributed by atoms with E-state index in [0.29, 0.717) is 22.3 Å². The van der Waals surface area contributed by atoms with E-state index in [4.69, 9.17) is 4.74 Å². The summed E-state index contributed by atoms with van der Waals surface area (Å²) in [4.78, 5) is 0. The summed E-state index contributed by atoms with van der Waals surface area (Å²) in [6.07, 6.45) is 18.7. The molecule has 0 radical (unpaired) electrons. The molecule has 1 spiro atoms. The molecule has 31 heavy (non-hydrogen) atoms. The van der Waals surface area contributed by atoms with Gasteiger partial charge in [-0.2, -0.15) is 0 Å². The maximum Gasteiger partial charge on any atom is 0.0638 e. The summed E-state index contributed by atoms with van der Waals surface area (Å²) in [6, 6.07) is 0.